The molecule has 0 radical (unpaired) electrons. The fourth-order valence-corrected chi connectivity index (χ4v) is 3.24. The first-order chi connectivity index (χ1) is 11.3. The quantitative estimate of drug-likeness (QED) is 0.461. The summed E-state index contributed by atoms with van der Waals surface area (Å²) in [6.07, 6.45) is 0. The Labute approximate surface area is 132 Å². The van der Waals surface area contributed by atoms with Crippen LogP contribution in [0.25, 0.3) is 10.8 Å². The molecule has 0 heterocycles. The average molecular weight is 338 g/mol. The standard InChI is InChI=1S/C18H8F6/c19-15-9-5-1-2-6-10(9)16(20)14-13(15)17(21,22)11-7-3-4-8-12(11)18(14,23)24/h1-8H. The highest BCUT2D eigenvalue weighted by Gasteiger charge is 2.56. The van der Waals surface area contributed by atoms with Gasteiger partial charge in [-0.15, -0.1) is 0 Å². The Morgan fingerprint density at radius 2 is 0.875 bits per heavy atom. The van der Waals surface area contributed by atoms with E-state index in [4.69, 9.17) is 0 Å². The number of benzene rings is 3. The average Bonchev–Trinajstić information content (AvgIpc) is 2.56. The minimum atomic E-state index is -4.07. The van der Waals surface area contributed by atoms with Gasteiger partial charge in [-0.25, -0.2) is 8.78 Å². The van der Waals surface area contributed by atoms with E-state index in [1.807, 2.05) is 0 Å². The zero-order valence-corrected chi connectivity index (χ0v) is 11.9. The van der Waals surface area contributed by atoms with Gasteiger partial charge < -0.3 is 0 Å². The fraction of sp³-hybridized carbons (Fsp3) is 0.111. The van der Waals surface area contributed by atoms with Gasteiger partial charge in [0.25, 0.3) is 0 Å². The lowest BCUT2D eigenvalue weighted by Crippen LogP contribution is -2.35. The summed E-state index contributed by atoms with van der Waals surface area (Å²) in [6.45, 7) is 0. The molecule has 0 nitrogen and oxygen atoms in total. The van der Waals surface area contributed by atoms with E-state index in [0.717, 1.165) is 36.4 Å². The fourth-order valence-electron chi connectivity index (χ4n) is 3.24. The molecule has 3 aromatic rings. The molecule has 6 heteroatoms. The van der Waals surface area contributed by atoms with Crippen molar-refractivity contribution in [3.63, 3.8) is 0 Å². The van der Waals surface area contributed by atoms with Crippen LogP contribution in [0.1, 0.15) is 22.3 Å². The van der Waals surface area contributed by atoms with Crippen LogP contribution in [0.5, 0.6) is 0 Å². The summed E-state index contributed by atoms with van der Waals surface area (Å²) in [5.41, 5.74) is -5.23. The minimum Gasteiger partial charge on any atom is -0.206 e. The molecule has 24 heavy (non-hydrogen) atoms. The summed E-state index contributed by atoms with van der Waals surface area (Å²) in [5, 5.41) is -0.910. The second kappa shape index (κ2) is 4.53. The number of hydrogen-bond donors (Lipinski definition) is 0. The third-order valence-corrected chi connectivity index (χ3v) is 4.32. The predicted molar refractivity (Wildman–Crippen MR) is 76.3 cm³/mol. The van der Waals surface area contributed by atoms with Crippen molar-refractivity contribution in [2.24, 2.45) is 0 Å². The summed E-state index contributed by atoms with van der Waals surface area (Å²) in [6, 6.07) is 8.74. The van der Waals surface area contributed by atoms with Crippen LogP contribution in [0.4, 0.5) is 26.3 Å². The second-order valence-corrected chi connectivity index (χ2v) is 5.62. The number of hydrogen-bond acceptors (Lipinski definition) is 0. The van der Waals surface area contributed by atoms with E-state index < -0.39 is 56.5 Å². The molecular formula is C18H8F6. The molecule has 0 N–H and O–H groups in total. The molecule has 0 amide bonds. The monoisotopic (exact) mass is 338 g/mol. The first-order valence-electron chi connectivity index (χ1n) is 7.04. The molecule has 0 saturated heterocycles. The highest BCUT2D eigenvalue weighted by Crippen LogP contribution is 2.55. The maximum atomic E-state index is 14.8. The molecule has 0 spiro atoms. The molecule has 0 aromatic heterocycles. The van der Waals surface area contributed by atoms with Crippen molar-refractivity contribution in [2.75, 3.05) is 0 Å². The SMILES string of the molecule is Fc1c2c(c(F)c3ccccc13)C(F)(F)c1ccccc1C2(F)F. The molecule has 1 aliphatic rings. The molecule has 0 fully saturated rings. The third kappa shape index (κ3) is 1.66. The largest absolute Gasteiger partial charge is 0.302 e. The summed E-state index contributed by atoms with van der Waals surface area (Å²) in [5.74, 6) is -11.2. The summed E-state index contributed by atoms with van der Waals surface area (Å²) in [7, 11) is 0. The van der Waals surface area contributed by atoms with Gasteiger partial charge in [0.2, 0.25) is 0 Å². The van der Waals surface area contributed by atoms with Crippen LogP contribution in [0.3, 0.4) is 0 Å². The van der Waals surface area contributed by atoms with E-state index in [1.165, 1.54) is 12.1 Å². The van der Waals surface area contributed by atoms with Crippen molar-refractivity contribution in [1.82, 2.24) is 0 Å². The zero-order chi connectivity index (χ0) is 17.3. The van der Waals surface area contributed by atoms with Crippen LogP contribution in [-0.4, -0.2) is 0 Å². The Morgan fingerprint density at radius 1 is 0.542 bits per heavy atom. The third-order valence-electron chi connectivity index (χ3n) is 4.32. The van der Waals surface area contributed by atoms with Crippen molar-refractivity contribution in [2.45, 2.75) is 11.8 Å². The Balaban J connectivity index is 2.25. The van der Waals surface area contributed by atoms with Gasteiger partial charge in [0.1, 0.15) is 11.6 Å². The van der Waals surface area contributed by atoms with Crippen LogP contribution in [0.2, 0.25) is 0 Å². The van der Waals surface area contributed by atoms with Gasteiger partial charge in [-0.05, 0) is 0 Å². The number of halogens is 6. The van der Waals surface area contributed by atoms with E-state index in [2.05, 4.69) is 0 Å². The van der Waals surface area contributed by atoms with E-state index in [-0.39, 0.29) is 0 Å². The molecule has 122 valence electrons. The molecule has 0 bridgehead atoms. The molecule has 0 aliphatic heterocycles. The molecule has 4 rings (SSSR count). The molecule has 3 aromatic carbocycles. The summed E-state index contributed by atoms with van der Waals surface area (Å²) in [4.78, 5) is 0. The topological polar surface area (TPSA) is 0 Å². The van der Waals surface area contributed by atoms with Crippen molar-refractivity contribution >= 4 is 10.8 Å². The maximum absolute atomic E-state index is 14.8. The molecular weight excluding hydrogens is 330 g/mol. The number of alkyl halides is 4. The summed E-state index contributed by atoms with van der Waals surface area (Å²) >= 11 is 0. The smallest absolute Gasteiger partial charge is 0.206 e. The molecule has 0 atom stereocenters. The second-order valence-electron chi connectivity index (χ2n) is 5.62. The van der Waals surface area contributed by atoms with Gasteiger partial charge in [0.15, 0.2) is 0 Å². The lowest BCUT2D eigenvalue weighted by Gasteiger charge is -2.34. The zero-order valence-electron chi connectivity index (χ0n) is 11.9. The van der Waals surface area contributed by atoms with E-state index in [0.29, 0.717) is 0 Å². The molecule has 0 saturated carbocycles. The van der Waals surface area contributed by atoms with Crippen LogP contribution in [-0.2, 0) is 11.8 Å². The van der Waals surface area contributed by atoms with Gasteiger partial charge in [-0.2, -0.15) is 17.6 Å². The minimum absolute atomic E-state index is 0.455. The van der Waals surface area contributed by atoms with Gasteiger partial charge in [-0.1, -0.05) is 48.5 Å². The first kappa shape index (κ1) is 15.1. The van der Waals surface area contributed by atoms with Crippen molar-refractivity contribution in [1.29, 1.82) is 0 Å². The van der Waals surface area contributed by atoms with Gasteiger partial charge in [0, 0.05) is 21.9 Å². The maximum Gasteiger partial charge on any atom is 0.302 e. The van der Waals surface area contributed by atoms with Crippen LogP contribution in [0.15, 0.2) is 48.5 Å². The highest BCUT2D eigenvalue weighted by molar-refractivity contribution is 5.87. The van der Waals surface area contributed by atoms with Crippen molar-refractivity contribution in [3.8, 4) is 0 Å². The van der Waals surface area contributed by atoms with E-state index in [1.54, 1.807) is 0 Å². The van der Waals surface area contributed by atoms with E-state index in [9.17, 15) is 26.3 Å². The Hall–Kier alpha value is -2.50. The molecule has 0 unspecified atom stereocenters. The van der Waals surface area contributed by atoms with Gasteiger partial charge in [0.05, 0.1) is 11.1 Å². The van der Waals surface area contributed by atoms with Crippen molar-refractivity contribution < 1.29 is 26.3 Å². The Kier molecular flexibility index (Phi) is 2.84. The summed E-state index contributed by atoms with van der Waals surface area (Å²) < 4.78 is 88.4. The van der Waals surface area contributed by atoms with Crippen LogP contribution >= 0.6 is 0 Å². The molecule has 1 aliphatic carbocycles. The number of fused-ring (bicyclic) bond motifs is 3. The normalized spacial score (nSPS) is 17.4. The lowest BCUT2D eigenvalue weighted by molar-refractivity contribution is -0.0166. The Bertz CT molecular complexity index is 911. The van der Waals surface area contributed by atoms with Gasteiger partial charge >= 0.3 is 11.8 Å². The van der Waals surface area contributed by atoms with Crippen LogP contribution < -0.4 is 0 Å². The van der Waals surface area contributed by atoms with Crippen molar-refractivity contribution in [3.05, 3.63) is 82.4 Å². The predicted octanol–water partition coefficient (Wildman–Crippen LogP) is 5.71. The Morgan fingerprint density at radius 3 is 1.25 bits per heavy atom. The number of rotatable bonds is 0. The van der Waals surface area contributed by atoms with Crippen LogP contribution in [0, 0.1) is 11.6 Å². The van der Waals surface area contributed by atoms with Gasteiger partial charge in [-0.3, -0.25) is 0 Å². The van der Waals surface area contributed by atoms with E-state index >= 15 is 0 Å². The highest BCUT2D eigenvalue weighted by atomic mass is 19.3. The first-order valence-corrected chi connectivity index (χ1v) is 7.04. The lowest BCUT2D eigenvalue weighted by atomic mass is 9.78.